The highest BCUT2D eigenvalue weighted by Gasteiger charge is 2.18. The molecule has 2 unspecified atom stereocenters. The van der Waals surface area contributed by atoms with Gasteiger partial charge in [0.05, 0.1) is 5.75 Å². The average molecular weight is 362 g/mol. The third-order valence-electron chi connectivity index (χ3n) is 3.09. The number of nitrogens with one attached hydrogen (secondary N) is 1. The van der Waals surface area contributed by atoms with Crippen LogP contribution < -0.4 is 4.72 Å². The Morgan fingerprint density at radius 1 is 1.15 bits per heavy atom. The lowest BCUT2D eigenvalue weighted by molar-refractivity contribution is 0.549. The molecule has 0 aliphatic carbocycles. The summed E-state index contributed by atoms with van der Waals surface area (Å²) in [6.45, 7) is 6.64. The van der Waals surface area contributed by atoms with Crippen molar-refractivity contribution in [2.45, 2.75) is 37.9 Å². The smallest absolute Gasteiger partial charge is 0.212 e. The molecule has 0 aliphatic heterocycles. The Labute approximate surface area is 131 Å². The molecule has 1 aromatic rings. The van der Waals surface area contributed by atoms with Crippen LogP contribution in [-0.2, 0) is 10.0 Å². The maximum atomic E-state index is 12.1. The third-order valence-corrected chi connectivity index (χ3v) is 5.33. The van der Waals surface area contributed by atoms with Crippen LogP contribution in [0.25, 0.3) is 0 Å². The van der Waals surface area contributed by atoms with E-state index in [1.807, 2.05) is 37.3 Å². The summed E-state index contributed by atoms with van der Waals surface area (Å²) in [5, 5.41) is 0. The van der Waals surface area contributed by atoms with Crippen molar-refractivity contribution >= 4 is 26.0 Å². The third kappa shape index (κ3) is 6.86. The van der Waals surface area contributed by atoms with Gasteiger partial charge in [0.25, 0.3) is 0 Å². The van der Waals surface area contributed by atoms with Crippen LogP contribution in [0.15, 0.2) is 30.3 Å². The van der Waals surface area contributed by atoms with E-state index in [1.54, 1.807) is 0 Å². The summed E-state index contributed by atoms with van der Waals surface area (Å²) in [5.74, 6) is 0.665. The van der Waals surface area contributed by atoms with Crippen molar-refractivity contribution in [2.75, 3.05) is 12.3 Å². The van der Waals surface area contributed by atoms with Gasteiger partial charge in [-0.2, -0.15) is 0 Å². The van der Waals surface area contributed by atoms with Crippen LogP contribution in [0.1, 0.15) is 38.7 Å². The Bertz CT molecular complexity index is 488. The van der Waals surface area contributed by atoms with Crippen LogP contribution >= 0.6 is 15.9 Å². The molecule has 0 radical (unpaired) electrons. The Morgan fingerprint density at radius 3 is 2.30 bits per heavy atom. The lowest BCUT2D eigenvalue weighted by atomic mass is 10.0. The van der Waals surface area contributed by atoms with Crippen molar-refractivity contribution in [1.82, 2.24) is 4.72 Å². The van der Waals surface area contributed by atoms with Crippen molar-refractivity contribution in [2.24, 2.45) is 5.92 Å². The molecule has 5 heteroatoms. The summed E-state index contributed by atoms with van der Waals surface area (Å²) in [6.07, 6.45) is 0.955. The molecule has 0 fully saturated rings. The zero-order valence-electron chi connectivity index (χ0n) is 12.3. The predicted molar refractivity (Wildman–Crippen MR) is 88.8 cm³/mol. The second-order valence-corrected chi connectivity index (χ2v) is 8.81. The fourth-order valence-electron chi connectivity index (χ4n) is 2.08. The van der Waals surface area contributed by atoms with E-state index < -0.39 is 10.0 Å². The standard InChI is InChI=1S/C15H24BrNO2S/c1-12(2)9-15(16)10-17-20(18,19)11-13(3)14-7-5-4-6-8-14/h4-8,12-13,15,17H,9-11H2,1-3H3. The van der Waals surface area contributed by atoms with Crippen molar-refractivity contribution in [1.29, 1.82) is 0 Å². The molecule has 0 saturated carbocycles. The summed E-state index contributed by atoms with van der Waals surface area (Å²) in [7, 11) is -3.24. The molecule has 0 amide bonds. The van der Waals surface area contributed by atoms with Gasteiger partial charge in [0.1, 0.15) is 0 Å². The quantitative estimate of drug-likeness (QED) is 0.720. The first-order chi connectivity index (χ1) is 9.30. The molecule has 1 N–H and O–H groups in total. The Kier molecular flexibility index (Phi) is 7.20. The summed E-state index contributed by atoms with van der Waals surface area (Å²) < 4.78 is 26.8. The summed E-state index contributed by atoms with van der Waals surface area (Å²) in [4.78, 5) is 0.185. The molecule has 0 aromatic heterocycles. The van der Waals surface area contributed by atoms with E-state index in [2.05, 4.69) is 34.5 Å². The summed E-state index contributed by atoms with van der Waals surface area (Å²) >= 11 is 3.52. The van der Waals surface area contributed by atoms with Crippen molar-refractivity contribution in [3.63, 3.8) is 0 Å². The largest absolute Gasteiger partial charge is 0.214 e. The monoisotopic (exact) mass is 361 g/mol. The number of alkyl halides is 1. The molecule has 0 saturated heterocycles. The molecule has 0 heterocycles. The maximum absolute atomic E-state index is 12.1. The molecule has 114 valence electrons. The number of hydrogen-bond acceptors (Lipinski definition) is 2. The maximum Gasteiger partial charge on any atom is 0.212 e. The lowest BCUT2D eigenvalue weighted by Gasteiger charge is -2.16. The highest BCUT2D eigenvalue weighted by atomic mass is 79.9. The molecular formula is C15H24BrNO2S. The van der Waals surface area contributed by atoms with Gasteiger partial charge in [0.15, 0.2) is 0 Å². The average Bonchev–Trinajstić information content (AvgIpc) is 2.36. The number of halogens is 1. The second kappa shape index (κ2) is 8.15. The van der Waals surface area contributed by atoms with E-state index in [-0.39, 0.29) is 16.5 Å². The van der Waals surface area contributed by atoms with Gasteiger partial charge in [-0.3, -0.25) is 0 Å². The van der Waals surface area contributed by atoms with Crippen LogP contribution in [-0.4, -0.2) is 25.5 Å². The minimum Gasteiger partial charge on any atom is -0.214 e. The topological polar surface area (TPSA) is 46.2 Å². The van der Waals surface area contributed by atoms with Gasteiger partial charge in [-0.25, -0.2) is 13.1 Å². The van der Waals surface area contributed by atoms with Gasteiger partial charge in [0, 0.05) is 11.4 Å². The van der Waals surface area contributed by atoms with Crippen LogP contribution in [0.5, 0.6) is 0 Å². The van der Waals surface area contributed by atoms with Crippen LogP contribution in [0.2, 0.25) is 0 Å². The predicted octanol–water partition coefficient (Wildman–Crippen LogP) is 3.52. The number of benzene rings is 1. The summed E-state index contributed by atoms with van der Waals surface area (Å²) in [6, 6.07) is 9.73. The van der Waals surface area contributed by atoms with E-state index >= 15 is 0 Å². The first-order valence-electron chi connectivity index (χ1n) is 6.96. The minimum atomic E-state index is -3.24. The van der Waals surface area contributed by atoms with E-state index in [9.17, 15) is 8.42 Å². The fraction of sp³-hybridized carbons (Fsp3) is 0.600. The molecule has 3 nitrogen and oxygen atoms in total. The molecule has 0 spiro atoms. The molecule has 2 atom stereocenters. The van der Waals surface area contributed by atoms with Crippen LogP contribution in [0, 0.1) is 5.92 Å². The highest BCUT2D eigenvalue weighted by Crippen LogP contribution is 2.17. The Balaban J connectivity index is 2.49. The van der Waals surface area contributed by atoms with Crippen molar-refractivity contribution < 1.29 is 8.42 Å². The van der Waals surface area contributed by atoms with E-state index in [1.165, 1.54) is 0 Å². The van der Waals surface area contributed by atoms with Gasteiger partial charge >= 0.3 is 0 Å². The first-order valence-corrected chi connectivity index (χ1v) is 9.53. The van der Waals surface area contributed by atoms with Gasteiger partial charge in [0.2, 0.25) is 10.0 Å². The Hall–Kier alpha value is -0.390. The normalized spacial score (nSPS) is 15.2. The zero-order chi connectivity index (χ0) is 15.2. The number of sulfonamides is 1. The van der Waals surface area contributed by atoms with Gasteiger partial charge in [-0.05, 0) is 23.8 Å². The molecule has 0 bridgehead atoms. The fourth-order valence-corrected chi connectivity index (χ4v) is 4.63. The van der Waals surface area contributed by atoms with Gasteiger partial charge in [-0.1, -0.05) is 67.0 Å². The van der Waals surface area contributed by atoms with Crippen molar-refractivity contribution in [3.8, 4) is 0 Å². The SMILES string of the molecule is CC(C)CC(Br)CNS(=O)(=O)CC(C)c1ccccc1. The second-order valence-electron chi connectivity index (χ2n) is 5.67. The first kappa shape index (κ1) is 17.7. The molecule has 1 rings (SSSR count). The van der Waals surface area contributed by atoms with Crippen molar-refractivity contribution in [3.05, 3.63) is 35.9 Å². The van der Waals surface area contributed by atoms with E-state index in [0.29, 0.717) is 12.5 Å². The Morgan fingerprint density at radius 2 is 1.75 bits per heavy atom. The number of rotatable bonds is 8. The minimum absolute atomic E-state index is 0.00688. The zero-order valence-corrected chi connectivity index (χ0v) is 14.7. The van der Waals surface area contributed by atoms with E-state index in [4.69, 9.17) is 0 Å². The molecule has 0 aliphatic rings. The highest BCUT2D eigenvalue weighted by molar-refractivity contribution is 9.09. The summed E-state index contributed by atoms with van der Waals surface area (Å²) in [5.41, 5.74) is 1.05. The van der Waals surface area contributed by atoms with Gasteiger partial charge in [-0.15, -0.1) is 0 Å². The van der Waals surface area contributed by atoms with Gasteiger partial charge < -0.3 is 0 Å². The van der Waals surface area contributed by atoms with E-state index in [0.717, 1.165) is 12.0 Å². The van der Waals surface area contributed by atoms with Crippen LogP contribution in [0.3, 0.4) is 0 Å². The molecule has 20 heavy (non-hydrogen) atoms. The molecule has 1 aromatic carbocycles. The molecular weight excluding hydrogens is 338 g/mol. The lowest BCUT2D eigenvalue weighted by Crippen LogP contribution is -2.33. The van der Waals surface area contributed by atoms with Crippen LogP contribution in [0.4, 0.5) is 0 Å². The number of hydrogen-bond donors (Lipinski definition) is 1.